The van der Waals surface area contributed by atoms with E-state index in [1.54, 1.807) is 13.1 Å². The number of carboxylic acid groups (broad SMARTS) is 1. The third kappa shape index (κ3) is 4.16. The Hall–Kier alpha value is -2.76. The van der Waals surface area contributed by atoms with E-state index in [4.69, 9.17) is 4.74 Å². The normalized spacial score (nSPS) is 13.2. The van der Waals surface area contributed by atoms with Crippen LogP contribution in [0.15, 0.2) is 36.5 Å². The van der Waals surface area contributed by atoms with Crippen LogP contribution in [0.1, 0.15) is 31.2 Å². The summed E-state index contributed by atoms with van der Waals surface area (Å²) < 4.78 is 5.02. The summed E-state index contributed by atoms with van der Waals surface area (Å²) in [4.78, 5) is 38.8. The first-order chi connectivity index (χ1) is 11.6. The molecule has 0 saturated heterocycles. The lowest BCUT2D eigenvalue weighted by molar-refractivity contribution is -0.150. The quantitative estimate of drug-likeness (QED) is 0.591. The average molecular weight is 329 g/mol. The van der Waals surface area contributed by atoms with Crippen molar-refractivity contribution in [1.82, 2.24) is 4.98 Å². The molecule has 0 saturated carbocycles. The van der Waals surface area contributed by atoms with Crippen LogP contribution in [0.3, 0.4) is 0 Å². The summed E-state index contributed by atoms with van der Waals surface area (Å²) in [7, 11) is 0. The molecule has 0 aliphatic rings. The Labute approximate surface area is 139 Å². The highest BCUT2D eigenvalue weighted by molar-refractivity contribution is 5.81. The molecule has 126 valence electrons. The van der Waals surface area contributed by atoms with Crippen molar-refractivity contribution >= 4 is 29.1 Å². The number of benzene rings is 1. The number of esters is 1. The van der Waals surface area contributed by atoms with Gasteiger partial charge in [0.15, 0.2) is 0 Å². The van der Waals surface area contributed by atoms with Gasteiger partial charge in [0.05, 0.1) is 24.5 Å². The van der Waals surface area contributed by atoms with Gasteiger partial charge in [0.1, 0.15) is 6.29 Å². The number of aldehydes is 1. The lowest BCUT2D eigenvalue weighted by atomic mass is 9.82. The molecule has 2 unspecified atom stereocenters. The largest absolute Gasteiger partial charge is 0.481 e. The van der Waals surface area contributed by atoms with Crippen molar-refractivity contribution in [2.24, 2.45) is 5.92 Å². The van der Waals surface area contributed by atoms with Gasteiger partial charge >= 0.3 is 11.9 Å². The number of aliphatic carboxylic acids is 1. The maximum atomic E-state index is 12.2. The summed E-state index contributed by atoms with van der Waals surface area (Å²) in [6, 6.07) is 9.24. The Morgan fingerprint density at radius 1 is 1.33 bits per heavy atom. The van der Waals surface area contributed by atoms with Gasteiger partial charge < -0.3 is 14.6 Å². The molecule has 0 bridgehead atoms. The first-order valence-electron chi connectivity index (χ1n) is 7.73. The molecule has 0 radical (unpaired) electrons. The second-order valence-electron chi connectivity index (χ2n) is 5.43. The van der Waals surface area contributed by atoms with Gasteiger partial charge in [-0.15, -0.1) is 0 Å². The molecule has 0 aliphatic heterocycles. The van der Waals surface area contributed by atoms with Gasteiger partial charge in [0.2, 0.25) is 0 Å². The van der Waals surface area contributed by atoms with E-state index in [1.165, 1.54) is 0 Å². The number of carboxylic acids is 1. The second-order valence-corrected chi connectivity index (χ2v) is 5.43. The number of nitrogens with zero attached hydrogens (tertiary/aromatic N) is 1. The summed E-state index contributed by atoms with van der Waals surface area (Å²) >= 11 is 0. The van der Waals surface area contributed by atoms with Crippen molar-refractivity contribution in [3.05, 3.63) is 42.1 Å². The molecule has 1 N–H and O–H groups in total. The Balaban J connectivity index is 2.45. The number of hydrogen-bond acceptors (Lipinski definition) is 5. The monoisotopic (exact) mass is 329 g/mol. The zero-order chi connectivity index (χ0) is 17.5. The van der Waals surface area contributed by atoms with Gasteiger partial charge in [-0.3, -0.25) is 14.6 Å². The van der Waals surface area contributed by atoms with E-state index in [1.807, 2.05) is 30.3 Å². The number of pyridine rings is 1. The number of rotatable bonds is 8. The molecule has 6 heteroatoms. The van der Waals surface area contributed by atoms with Crippen molar-refractivity contribution in [3.8, 4) is 0 Å². The fourth-order valence-corrected chi connectivity index (χ4v) is 2.75. The number of fused-ring (bicyclic) bond motifs is 1. The van der Waals surface area contributed by atoms with Gasteiger partial charge in [-0.25, -0.2) is 0 Å². The summed E-state index contributed by atoms with van der Waals surface area (Å²) in [6.07, 6.45) is 1.80. The smallest absolute Gasteiger partial charge is 0.309 e. The Morgan fingerprint density at radius 2 is 2.08 bits per heavy atom. The van der Waals surface area contributed by atoms with Crippen molar-refractivity contribution in [1.29, 1.82) is 0 Å². The molecule has 1 aromatic carbocycles. The van der Waals surface area contributed by atoms with E-state index >= 15 is 0 Å². The first-order valence-corrected chi connectivity index (χ1v) is 7.73. The molecule has 0 aliphatic carbocycles. The second kappa shape index (κ2) is 8.19. The van der Waals surface area contributed by atoms with Crippen LogP contribution < -0.4 is 0 Å². The maximum absolute atomic E-state index is 12.2. The minimum absolute atomic E-state index is 0.0936. The first kappa shape index (κ1) is 17.6. The summed E-state index contributed by atoms with van der Waals surface area (Å²) in [5.41, 5.74) is 1.38. The zero-order valence-electron chi connectivity index (χ0n) is 13.3. The van der Waals surface area contributed by atoms with Gasteiger partial charge in [0.25, 0.3) is 0 Å². The van der Waals surface area contributed by atoms with Gasteiger partial charge in [-0.05, 0) is 24.6 Å². The molecular weight excluding hydrogens is 310 g/mol. The topological polar surface area (TPSA) is 93.6 Å². The van der Waals surface area contributed by atoms with Crippen LogP contribution in [0.4, 0.5) is 0 Å². The van der Waals surface area contributed by atoms with Crippen molar-refractivity contribution in [2.75, 3.05) is 6.61 Å². The molecule has 1 aromatic heterocycles. The van der Waals surface area contributed by atoms with E-state index in [0.29, 0.717) is 11.8 Å². The Kier molecular flexibility index (Phi) is 6.01. The number of para-hydroxylation sites is 1. The summed E-state index contributed by atoms with van der Waals surface area (Å²) in [6.45, 7) is 1.84. The van der Waals surface area contributed by atoms with Crippen LogP contribution >= 0.6 is 0 Å². The minimum Gasteiger partial charge on any atom is -0.481 e. The number of carbonyl (C=O) groups excluding carboxylic acids is 2. The average Bonchev–Trinajstić information content (AvgIpc) is 2.57. The number of aromatic nitrogens is 1. The number of hydrogen-bond donors (Lipinski definition) is 1. The third-order valence-corrected chi connectivity index (χ3v) is 3.86. The van der Waals surface area contributed by atoms with E-state index in [9.17, 15) is 19.5 Å². The van der Waals surface area contributed by atoms with E-state index in [2.05, 4.69) is 4.98 Å². The van der Waals surface area contributed by atoms with Crippen LogP contribution in [0.2, 0.25) is 0 Å². The standard InChI is InChI=1S/C18H19NO5/c1-2-24-18(23)14(7-8-20)15(10-17(21)22)13-9-12-5-3-4-6-16(12)19-11-13/h3-6,8-9,11,14-15H,2,7,10H2,1H3,(H,21,22). The zero-order valence-corrected chi connectivity index (χ0v) is 13.3. The third-order valence-electron chi connectivity index (χ3n) is 3.86. The van der Waals surface area contributed by atoms with Gasteiger partial charge in [-0.1, -0.05) is 18.2 Å². The van der Waals surface area contributed by atoms with Gasteiger partial charge in [0, 0.05) is 23.9 Å². The fourth-order valence-electron chi connectivity index (χ4n) is 2.75. The molecule has 0 amide bonds. The highest BCUT2D eigenvalue weighted by Crippen LogP contribution is 2.32. The Bertz CT molecular complexity index is 743. The number of ether oxygens (including phenoxy) is 1. The van der Waals surface area contributed by atoms with Crippen molar-refractivity contribution < 1.29 is 24.2 Å². The summed E-state index contributed by atoms with van der Waals surface area (Å²) in [5, 5.41) is 10.1. The lowest BCUT2D eigenvalue weighted by Crippen LogP contribution is -2.27. The fraction of sp³-hybridized carbons (Fsp3) is 0.333. The summed E-state index contributed by atoms with van der Waals surface area (Å²) in [5.74, 6) is -3.14. The molecule has 0 spiro atoms. The number of carbonyl (C=O) groups is 3. The van der Waals surface area contributed by atoms with Crippen LogP contribution in [-0.2, 0) is 19.1 Å². The van der Waals surface area contributed by atoms with E-state index < -0.39 is 23.8 Å². The molecule has 24 heavy (non-hydrogen) atoms. The SMILES string of the molecule is CCOC(=O)C(CC=O)C(CC(=O)O)c1cnc2ccccc2c1. The molecule has 2 rings (SSSR count). The van der Waals surface area contributed by atoms with Crippen molar-refractivity contribution in [3.63, 3.8) is 0 Å². The molecule has 0 fully saturated rings. The molecule has 6 nitrogen and oxygen atoms in total. The predicted octanol–water partition coefficient (Wildman–Crippen LogP) is 2.56. The molecule has 2 atom stereocenters. The van der Waals surface area contributed by atoms with Crippen LogP contribution in [0.25, 0.3) is 10.9 Å². The molecule has 1 heterocycles. The maximum Gasteiger partial charge on any atom is 0.309 e. The van der Waals surface area contributed by atoms with Crippen molar-refractivity contribution in [2.45, 2.75) is 25.7 Å². The van der Waals surface area contributed by atoms with E-state index in [-0.39, 0.29) is 19.4 Å². The Morgan fingerprint density at radius 3 is 2.75 bits per heavy atom. The lowest BCUT2D eigenvalue weighted by Gasteiger charge is -2.23. The molecule has 2 aromatic rings. The van der Waals surface area contributed by atoms with E-state index in [0.717, 1.165) is 10.9 Å². The minimum atomic E-state index is -1.05. The van der Waals surface area contributed by atoms with Crippen LogP contribution in [0.5, 0.6) is 0 Å². The predicted molar refractivity (Wildman–Crippen MR) is 87.5 cm³/mol. The van der Waals surface area contributed by atoms with Crippen LogP contribution in [-0.4, -0.2) is 34.9 Å². The van der Waals surface area contributed by atoms with Crippen LogP contribution in [0, 0.1) is 5.92 Å². The van der Waals surface area contributed by atoms with Gasteiger partial charge in [-0.2, -0.15) is 0 Å². The highest BCUT2D eigenvalue weighted by Gasteiger charge is 2.32. The highest BCUT2D eigenvalue weighted by atomic mass is 16.5. The molecular formula is C18H19NO5.